The second kappa shape index (κ2) is 7.28. The quantitative estimate of drug-likeness (QED) is 0.458. The van der Waals surface area contributed by atoms with Gasteiger partial charge in [-0.3, -0.25) is 9.59 Å². The molecule has 0 aliphatic heterocycles. The van der Waals surface area contributed by atoms with Gasteiger partial charge in [-0.1, -0.05) is 19.1 Å². The van der Waals surface area contributed by atoms with Crippen molar-refractivity contribution in [2.45, 2.75) is 25.8 Å². The van der Waals surface area contributed by atoms with Gasteiger partial charge in [-0.25, -0.2) is 4.79 Å². The minimum Gasteiger partial charge on any atom is -0.467 e. The Labute approximate surface area is 117 Å². The van der Waals surface area contributed by atoms with E-state index in [0.29, 0.717) is 11.3 Å². The number of ketones is 1. The lowest BCUT2D eigenvalue weighted by atomic mass is 10.0. The Balaban J connectivity index is 2.84. The Morgan fingerprint density at radius 3 is 2.50 bits per heavy atom. The molecule has 20 heavy (non-hydrogen) atoms. The molecule has 0 spiro atoms. The van der Waals surface area contributed by atoms with Gasteiger partial charge >= 0.3 is 5.97 Å². The van der Waals surface area contributed by atoms with E-state index in [-0.39, 0.29) is 24.5 Å². The summed E-state index contributed by atoms with van der Waals surface area (Å²) >= 11 is 0. The molecule has 0 aliphatic rings. The number of amides is 1. The summed E-state index contributed by atoms with van der Waals surface area (Å²) < 4.78 is 4.59. The molecule has 1 rings (SSSR count). The maximum atomic E-state index is 12.1. The molecule has 0 aromatic heterocycles. The zero-order chi connectivity index (χ0) is 15.1. The number of esters is 1. The van der Waals surface area contributed by atoms with E-state index in [2.05, 4.69) is 10.1 Å². The molecule has 1 aromatic rings. The van der Waals surface area contributed by atoms with Crippen molar-refractivity contribution in [3.63, 3.8) is 0 Å². The number of Topliss-reactive ketones (excluding diaryl/α,β-unsaturated/α-hetero) is 1. The summed E-state index contributed by atoms with van der Waals surface area (Å²) in [6.45, 7) is 1.65. The highest BCUT2D eigenvalue weighted by atomic mass is 16.5. The van der Waals surface area contributed by atoms with Crippen LogP contribution >= 0.6 is 0 Å². The van der Waals surface area contributed by atoms with E-state index in [1.807, 2.05) is 0 Å². The number of carbonyl (C=O) groups excluding carboxylic acids is 3. The van der Waals surface area contributed by atoms with E-state index < -0.39 is 12.0 Å². The van der Waals surface area contributed by atoms with Crippen LogP contribution in [0, 0.1) is 0 Å². The van der Waals surface area contributed by atoms with Crippen LogP contribution < -0.4 is 11.1 Å². The van der Waals surface area contributed by atoms with Crippen molar-refractivity contribution < 1.29 is 19.1 Å². The highest BCUT2D eigenvalue weighted by molar-refractivity contribution is 6.03. The third kappa shape index (κ3) is 4.08. The standard InChI is InChI=1S/C14H18N2O4/c1-3-13(18)16-11(14(19)20-2)8-12(17)9-6-4-5-7-10(9)15/h4-7,11H,3,8,15H2,1-2H3,(H,16,18). The molecule has 0 radical (unpaired) electrons. The van der Waals surface area contributed by atoms with Crippen LogP contribution in [-0.2, 0) is 14.3 Å². The maximum absolute atomic E-state index is 12.1. The van der Waals surface area contributed by atoms with Crippen LogP contribution in [0.25, 0.3) is 0 Å². The number of benzene rings is 1. The van der Waals surface area contributed by atoms with Crippen LogP contribution in [0.3, 0.4) is 0 Å². The Kier molecular flexibility index (Phi) is 5.71. The lowest BCUT2D eigenvalue weighted by Gasteiger charge is -2.15. The van der Waals surface area contributed by atoms with Crippen molar-refractivity contribution in [1.29, 1.82) is 0 Å². The average Bonchev–Trinajstić information content (AvgIpc) is 2.45. The van der Waals surface area contributed by atoms with Crippen LogP contribution in [0.5, 0.6) is 0 Å². The first-order valence-corrected chi connectivity index (χ1v) is 6.24. The first kappa shape index (κ1) is 15.7. The highest BCUT2D eigenvalue weighted by Crippen LogP contribution is 2.14. The summed E-state index contributed by atoms with van der Waals surface area (Å²) in [5, 5.41) is 2.46. The number of hydrogen-bond acceptors (Lipinski definition) is 5. The molecular weight excluding hydrogens is 260 g/mol. The van der Waals surface area contributed by atoms with Gasteiger partial charge < -0.3 is 15.8 Å². The topological polar surface area (TPSA) is 98.5 Å². The van der Waals surface area contributed by atoms with Crippen molar-refractivity contribution >= 4 is 23.3 Å². The Morgan fingerprint density at radius 1 is 1.30 bits per heavy atom. The fourth-order valence-electron chi connectivity index (χ4n) is 1.68. The summed E-state index contributed by atoms with van der Waals surface area (Å²) in [7, 11) is 1.20. The molecular formula is C14H18N2O4. The predicted octanol–water partition coefficient (Wildman–Crippen LogP) is 0.909. The van der Waals surface area contributed by atoms with Gasteiger partial charge in [0.05, 0.1) is 7.11 Å². The molecule has 3 N–H and O–H groups in total. The van der Waals surface area contributed by atoms with Crippen molar-refractivity contribution in [2.75, 3.05) is 12.8 Å². The summed E-state index contributed by atoms with van der Waals surface area (Å²) in [6, 6.07) is 5.57. The average molecular weight is 278 g/mol. The minimum absolute atomic E-state index is 0.188. The molecule has 0 aliphatic carbocycles. The van der Waals surface area contributed by atoms with E-state index in [1.165, 1.54) is 7.11 Å². The monoisotopic (exact) mass is 278 g/mol. The fraction of sp³-hybridized carbons (Fsp3) is 0.357. The van der Waals surface area contributed by atoms with Gasteiger partial charge in [-0.15, -0.1) is 0 Å². The van der Waals surface area contributed by atoms with Crippen LogP contribution in [0.15, 0.2) is 24.3 Å². The van der Waals surface area contributed by atoms with Crippen molar-refractivity contribution in [3.8, 4) is 0 Å². The zero-order valence-electron chi connectivity index (χ0n) is 11.5. The number of nitrogens with two attached hydrogens (primary N) is 1. The first-order valence-electron chi connectivity index (χ1n) is 6.24. The predicted molar refractivity (Wildman–Crippen MR) is 74.0 cm³/mol. The Bertz CT molecular complexity index is 514. The molecule has 0 bridgehead atoms. The molecule has 0 fully saturated rings. The summed E-state index contributed by atoms with van der Waals surface area (Å²) in [5.41, 5.74) is 6.37. The third-order valence-corrected chi connectivity index (χ3v) is 2.79. The Morgan fingerprint density at radius 2 is 1.95 bits per heavy atom. The maximum Gasteiger partial charge on any atom is 0.328 e. The minimum atomic E-state index is -1.00. The SMILES string of the molecule is CCC(=O)NC(CC(=O)c1ccccc1N)C(=O)OC. The first-order chi connectivity index (χ1) is 9.49. The van der Waals surface area contributed by atoms with Gasteiger partial charge in [-0.05, 0) is 12.1 Å². The molecule has 1 aromatic carbocycles. The fourth-order valence-corrected chi connectivity index (χ4v) is 1.68. The van der Waals surface area contributed by atoms with Gasteiger partial charge in [0.1, 0.15) is 6.04 Å². The molecule has 6 heteroatoms. The van der Waals surface area contributed by atoms with Crippen LogP contribution in [-0.4, -0.2) is 30.8 Å². The second-order valence-corrected chi connectivity index (χ2v) is 4.21. The van der Waals surface area contributed by atoms with Gasteiger partial charge in [0.2, 0.25) is 5.91 Å². The molecule has 0 saturated carbocycles. The van der Waals surface area contributed by atoms with Gasteiger partial charge in [0.15, 0.2) is 5.78 Å². The van der Waals surface area contributed by atoms with Crippen molar-refractivity contribution in [2.24, 2.45) is 0 Å². The number of hydrogen-bond donors (Lipinski definition) is 2. The molecule has 6 nitrogen and oxygen atoms in total. The number of ether oxygens (including phenoxy) is 1. The number of methoxy groups -OCH3 is 1. The van der Waals surface area contributed by atoms with E-state index in [4.69, 9.17) is 5.73 Å². The van der Waals surface area contributed by atoms with Crippen LogP contribution in [0.4, 0.5) is 5.69 Å². The van der Waals surface area contributed by atoms with E-state index in [1.54, 1.807) is 31.2 Å². The third-order valence-electron chi connectivity index (χ3n) is 2.79. The number of anilines is 1. The van der Waals surface area contributed by atoms with Gasteiger partial charge in [0.25, 0.3) is 0 Å². The number of carbonyl (C=O) groups is 3. The highest BCUT2D eigenvalue weighted by Gasteiger charge is 2.25. The largest absolute Gasteiger partial charge is 0.467 e. The lowest BCUT2D eigenvalue weighted by Crippen LogP contribution is -2.42. The van der Waals surface area contributed by atoms with E-state index >= 15 is 0 Å². The lowest BCUT2D eigenvalue weighted by molar-refractivity contribution is -0.145. The summed E-state index contributed by atoms with van der Waals surface area (Å²) in [4.78, 5) is 35.1. The number of nitrogen functional groups attached to an aromatic ring is 1. The number of nitrogens with one attached hydrogen (secondary N) is 1. The second-order valence-electron chi connectivity index (χ2n) is 4.21. The normalized spacial score (nSPS) is 11.5. The van der Waals surface area contributed by atoms with Gasteiger partial charge in [0, 0.05) is 24.1 Å². The zero-order valence-corrected chi connectivity index (χ0v) is 11.5. The van der Waals surface area contributed by atoms with E-state index in [9.17, 15) is 14.4 Å². The van der Waals surface area contributed by atoms with E-state index in [0.717, 1.165) is 0 Å². The van der Waals surface area contributed by atoms with Crippen LogP contribution in [0.2, 0.25) is 0 Å². The molecule has 1 amide bonds. The molecule has 0 saturated heterocycles. The van der Waals surface area contributed by atoms with Crippen LogP contribution in [0.1, 0.15) is 30.1 Å². The molecule has 1 atom stereocenters. The molecule has 0 heterocycles. The Hall–Kier alpha value is -2.37. The molecule has 108 valence electrons. The number of para-hydroxylation sites is 1. The van der Waals surface area contributed by atoms with Crippen molar-refractivity contribution in [1.82, 2.24) is 5.32 Å². The summed E-state index contributed by atoms with van der Waals surface area (Å²) in [6.07, 6.45) is 0.0296. The summed E-state index contributed by atoms with van der Waals surface area (Å²) in [5.74, 6) is -1.31. The van der Waals surface area contributed by atoms with Crippen molar-refractivity contribution in [3.05, 3.63) is 29.8 Å². The number of rotatable bonds is 6. The molecule has 1 unspecified atom stereocenters. The van der Waals surface area contributed by atoms with Gasteiger partial charge in [-0.2, -0.15) is 0 Å². The smallest absolute Gasteiger partial charge is 0.328 e.